The largest absolute Gasteiger partial charge is 0.497 e. The van der Waals surface area contributed by atoms with Crippen molar-refractivity contribution >= 4 is 40.8 Å². The first-order chi connectivity index (χ1) is 18.8. The molecule has 4 N–H and O–H groups in total. The van der Waals surface area contributed by atoms with Crippen LogP contribution in [0.15, 0.2) is 87.4 Å². The molecule has 0 bridgehead atoms. The molecule has 0 radical (unpaired) electrons. The molecule has 202 valence electrons. The van der Waals surface area contributed by atoms with E-state index >= 15 is 0 Å². The van der Waals surface area contributed by atoms with Crippen LogP contribution in [-0.2, 0) is 13.1 Å². The van der Waals surface area contributed by atoms with Gasteiger partial charge in [-0.15, -0.1) is 0 Å². The van der Waals surface area contributed by atoms with Crippen molar-refractivity contribution in [3.05, 3.63) is 115 Å². The maximum absolute atomic E-state index is 13.6. The van der Waals surface area contributed by atoms with Crippen LogP contribution >= 0.6 is 23.2 Å². The van der Waals surface area contributed by atoms with Gasteiger partial charge >= 0.3 is 11.4 Å². The van der Waals surface area contributed by atoms with Crippen molar-refractivity contribution in [2.45, 2.75) is 13.1 Å². The molecular weight excluding hydrogens is 541 g/mol. The average molecular weight is 568 g/mol. The zero-order valence-corrected chi connectivity index (χ0v) is 22.6. The standard InChI is InChI=1S/C27H27Cl2N7O3/c1-39-23-9-7-18(8-10-23)16-35-25(32-12-11-31-24(30)33-22-5-3-2-4-6-22)34-26(37)36(27(35)38)17-19-13-20(28)15-21(29)14-19/h2-10,13-15H,11-12,16-17H2,1H3,(H3,30,31,33)(H,32,34,37). The van der Waals surface area contributed by atoms with Gasteiger partial charge in [0.05, 0.1) is 26.7 Å². The molecule has 3 aromatic carbocycles. The van der Waals surface area contributed by atoms with E-state index in [-0.39, 0.29) is 38.1 Å². The van der Waals surface area contributed by atoms with Crippen molar-refractivity contribution in [2.75, 3.05) is 30.8 Å². The molecule has 0 fully saturated rings. The summed E-state index contributed by atoms with van der Waals surface area (Å²) >= 11 is 12.2. The van der Waals surface area contributed by atoms with Gasteiger partial charge in [0, 0.05) is 22.3 Å². The van der Waals surface area contributed by atoms with Crippen LogP contribution in [0, 0.1) is 0 Å². The van der Waals surface area contributed by atoms with Crippen molar-refractivity contribution < 1.29 is 4.74 Å². The maximum Gasteiger partial charge on any atom is 0.355 e. The highest BCUT2D eigenvalue weighted by atomic mass is 35.5. The van der Waals surface area contributed by atoms with E-state index < -0.39 is 11.4 Å². The summed E-state index contributed by atoms with van der Waals surface area (Å²) in [5, 5.41) is 6.84. The van der Waals surface area contributed by atoms with Crippen molar-refractivity contribution in [3.63, 3.8) is 0 Å². The summed E-state index contributed by atoms with van der Waals surface area (Å²) in [5.74, 6) is 1.04. The number of guanidine groups is 1. The molecule has 4 aromatic rings. The summed E-state index contributed by atoms with van der Waals surface area (Å²) in [4.78, 5) is 34.9. The third-order valence-electron chi connectivity index (χ3n) is 5.64. The van der Waals surface area contributed by atoms with E-state index in [9.17, 15) is 9.59 Å². The second kappa shape index (κ2) is 13.0. The Morgan fingerprint density at radius 1 is 0.949 bits per heavy atom. The molecule has 0 atom stereocenters. The molecule has 39 heavy (non-hydrogen) atoms. The van der Waals surface area contributed by atoms with Crippen LogP contribution in [-0.4, -0.2) is 40.3 Å². The molecule has 0 spiro atoms. The first-order valence-electron chi connectivity index (χ1n) is 12.0. The highest BCUT2D eigenvalue weighted by Gasteiger charge is 2.15. The number of nitrogens with one attached hydrogen (secondary N) is 2. The van der Waals surface area contributed by atoms with E-state index in [4.69, 9.17) is 33.7 Å². The quantitative estimate of drug-likeness (QED) is 0.151. The Morgan fingerprint density at radius 3 is 2.28 bits per heavy atom. The molecule has 1 aromatic heterocycles. The summed E-state index contributed by atoms with van der Waals surface area (Å²) in [7, 11) is 1.58. The number of aliphatic imine (C=N–C) groups is 1. The molecule has 0 amide bonds. The predicted octanol–water partition coefficient (Wildman–Crippen LogP) is 3.66. The zero-order valence-electron chi connectivity index (χ0n) is 21.1. The van der Waals surface area contributed by atoms with E-state index in [1.54, 1.807) is 37.4 Å². The van der Waals surface area contributed by atoms with Gasteiger partial charge in [0.15, 0.2) is 5.96 Å². The lowest BCUT2D eigenvalue weighted by Crippen LogP contribution is -2.43. The Kier molecular flexibility index (Phi) is 9.24. The number of nitrogens with two attached hydrogens (primary N) is 1. The van der Waals surface area contributed by atoms with Crippen molar-refractivity contribution in [2.24, 2.45) is 10.7 Å². The molecular formula is C27H27Cl2N7O3. The summed E-state index contributed by atoms with van der Waals surface area (Å²) in [6, 6.07) is 21.5. The molecule has 0 aliphatic carbocycles. The first kappa shape index (κ1) is 27.7. The van der Waals surface area contributed by atoms with Crippen LogP contribution in [0.1, 0.15) is 11.1 Å². The van der Waals surface area contributed by atoms with Gasteiger partial charge in [-0.2, -0.15) is 4.98 Å². The van der Waals surface area contributed by atoms with Crippen LogP contribution < -0.4 is 32.5 Å². The first-order valence-corrected chi connectivity index (χ1v) is 12.7. The molecule has 0 saturated heterocycles. The fourth-order valence-corrected chi connectivity index (χ4v) is 4.36. The molecule has 0 aliphatic heterocycles. The van der Waals surface area contributed by atoms with Crippen LogP contribution in [0.5, 0.6) is 5.75 Å². The topological polar surface area (TPSA) is 129 Å². The summed E-state index contributed by atoms with van der Waals surface area (Å²) in [6.07, 6.45) is 0. The number of nitrogens with zero attached hydrogens (tertiary/aromatic N) is 4. The predicted molar refractivity (Wildman–Crippen MR) is 155 cm³/mol. The highest BCUT2D eigenvalue weighted by Crippen LogP contribution is 2.19. The lowest BCUT2D eigenvalue weighted by molar-refractivity contribution is 0.414. The van der Waals surface area contributed by atoms with E-state index in [0.29, 0.717) is 21.4 Å². The molecule has 0 unspecified atom stereocenters. The van der Waals surface area contributed by atoms with Crippen molar-refractivity contribution in [1.29, 1.82) is 0 Å². The lowest BCUT2D eigenvalue weighted by Gasteiger charge is -2.16. The highest BCUT2D eigenvalue weighted by molar-refractivity contribution is 6.34. The van der Waals surface area contributed by atoms with Crippen LogP contribution in [0.3, 0.4) is 0 Å². The number of ether oxygens (including phenoxy) is 1. The molecule has 1 heterocycles. The Morgan fingerprint density at radius 2 is 1.62 bits per heavy atom. The number of aromatic nitrogens is 3. The van der Waals surface area contributed by atoms with E-state index in [1.807, 2.05) is 42.5 Å². The number of hydrogen-bond donors (Lipinski definition) is 3. The lowest BCUT2D eigenvalue weighted by atomic mass is 10.2. The van der Waals surface area contributed by atoms with Gasteiger partial charge in [-0.25, -0.2) is 14.2 Å². The number of halogens is 2. The minimum Gasteiger partial charge on any atom is -0.497 e. The van der Waals surface area contributed by atoms with Gasteiger partial charge in [-0.1, -0.05) is 53.5 Å². The monoisotopic (exact) mass is 567 g/mol. The SMILES string of the molecule is COc1ccc(Cn2c(NCCN=C(N)Nc3ccccc3)nc(=O)n(Cc3cc(Cl)cc(Cl)c3)c2=O)cc1. The van der Waals surface area contributed by atoms with Crippen LogP contribution in [0.25, 0.3) is 0 Å². The summed E-state index contributed by atoms with van der Waals surface area (Å²) in [5.41, 5.74) is 6.93. The number of hydrogen-bond acceptors (Lipinski definition) is 6. The molecule has 0 aliphatic rings. The smallest absolute Gasteiger partial charge is 0.355 e. The Hall–Kier alpha value is -4.28. The van der Waals surface area contributed by atoms with Gasteiger partial charge in [0.2, 0.25) is 5.95 Å². The summed E-state index contributed by atoms with van der Waals surface area (Å²) in [6.45, 7) is 0.670. The zero-order chi connectivity index (χ0) is 27.8. The van der Waals surface area contributed by atoms with E-state index in [2.05, 4.69) is 20.6 Å². The fraction of sp³-hybridized carbons (Fsp3) is 0.185. The second-order valence-electron chi connectivity index (χ2n) is 8.48. The minimum atomic E-state index is -0.710. The van der Waals surface area contributed by atoms with Gasteiger partial charge < -0.3 is 21.1 Å². The van der Waals surface area contributed by atoms with Gasteiger partial charge in [-0.3, -0.25) is 9.56 Å². The average Bonchev–Trinajstić information content (AvgIpc) is 2.91. The molecule has 0 saturated carbocycles. The third kappa shape index (κ3) is 7.62. The van der Waals surface area contributed by atoms with Gasteiger partial charge in [0.1, 0.15) is 5.75 Å². The van der Waals surface area contributed by atoms with E-state index in [1.165, 1.54) is 4.57 Å². The van der Waals surface area contributed by atoms with Crippen LogP contribution in [0.2, 0.25) is 10.0 Å². The second-order valence-corrected chi connectivity index (χ2v) is 9.36. The van der Waals surface area contributed by atoms with Crippen molar-refractivity contribution in [1.82, 2.24) is 14.1 Å². The van der Waals surface area contributed by atoms with Gasteiger partial charge in [0.25, 0.3) is 0 Å². The third-order valence-corrected chi connectivity index (χ3v) is 6.07. The van der Waals surface area contributed by atoms with Crippen LogP contribution in [0.4, 0.5) is 11.6 Å². The molecule has 4 rings (SSSR count). The van der Waals surface area contributed by atoms with Gasteiger partial charge in [-0.05, 0) is 53.6 Å². The Bertz CT molecular complexity index is 1550. The minimum absolute atomic E-state index is 0.0418. The number of benzene rings is 3. The molecule has 12 heteroatoms. The fourth-order valence-electron chi connectivity index (χ4n) is 3.79. The van der Waals surface area contributed by atoms with Crippen molar-refractivity contribution in [3.8, 4) is 5.75 Å². The number of para-hydroxylation sites is 1. The molecule has 10 nitrogen and oxygen atoms in total. The van der Waals surface area contributed by atoms with E-state index in [0.717, 1.165) is 15.8 Å². The normalized spacial score (nSPS) is 11.3. The Labute approximate surface area is 234 Å². The Balaban J connectivity index is 1.58. The number of anilines is 2. The summed E-state index contributed by atoms with van der Waals surface area (Å²) < 4.78 is 7.65. The number of methoxy groups -OCH3 is 1. The maximum atomic E-state index is 13.6. The number of rotatable bonds is 10.